The average Bonchev–Trinajstić information content (AvgIpc) is 3.14. The summed E-state index contributed by atoms with van der Waals surface area (Å²) >= 11 is 1.44. The van der Waals surface area contributed by atoms with Crippen LogP contribution >= 0.6 is 11.3 Å². The van der Waals surface area contributed by atoms with Crippen molar-refractivity contribution in [2.45, 2.75) is 25.3 Å². The van der Waals surface area contributed by atoms with E-state index in [1.54, 1.807) is 0 Å². The van der Waals surface area contributed by atoms with Gasteiger partial charge in [0.15, 0.2) is 0 Å². The highest BCUT2D eigenvalue weighted by Crippen LogP contribution is 2.31. The molecular formula is C15H15NO3S. The summed E-state index contributed by atoms with van der Waals surface area (Å²) in [5.41, 5.74) is 1.55. The Hall–Kier alpha value is -1.88. The predicted molar refractivity (Wildman–Crippen MR) is 76.2 cm³/mol. The molecule has 2 aromatic rings. The lowest BCUT2D eigenvalue weighted by atomic mass is 9.96. The van der Waals surface area contributed by atoms with Crippen molar-refractivity contribution in [3.8, 4) is 0 Å². The van der Waals surface area contributed by atoms with Gasteiger partial charge in [0, 0.05) is 12.2 Å². The first-order valence-electron chi connectivity index (χ1n) is 6.58. The zero-order valence-electron chi connectivity index (χ0n) is 11.2. The maximum Gasteiger partial charge on any atom is 0.314 e. The summed E-state index contributed by atoms with van der Waals surface area (Å²) in [4.78, 5) is 25.0. The Morgan fingerprint density at radius 1 is 1.35 bits per heavy atom. The van der Waals surface area contributed by atoms with E-state index in [9.17, 15) is 9.59 Å². The molecule has 0 bridgehead atoms. The summed E-state index contributed by atoms with van der Waals surface area (Å²) in [5.74, 6) is -0.449. The molecule has 1 unspecified atom stereocenters. The molecule has 3 heterocycles. The molecule has 3 rings (SSSR count). The van der Waals surface area contributed by atoms with Gasteiger partial charge < -0.3 is 9.30 Å². The van der Waals surface area contributed by atoms with Crippen LogP contribution in [-0.4, -0.2) is 23.4 Å². The second-order valence-electron chi connectivity index (χ2n) is 4.82. The molecule has 2 aromatic heterocycles. The van der Waals surface area contributed by atoms with E-state index < -0.39 is 0 Å². The molecule has 0 radical (unpaired) electrons. The van der Waals surface area contributed by atoms with Gasteiger partial charge in [0.25, 0.3) is 0 Å². The van der Waals surface area contributed by atoms with Gasteiger partial charge in [-0.2, -0.15) is 0 Å². The van der Waals surface area contributed by atoms with Crippen molar-refractivity contribution in [3.05, 3.63) is 45.9 Å². The topological polar surface area (TPSA) is 48.3 Å². The number of thiophene rings is 1. The van der Waals surface area contributed by atoms with E-state index >= 15 is 0 Å². The number of rotatable bonds is 3. The van der Waals surface area contributed by atoms with Crippen LogP contribution in [0.5, 0.6) is 0 Å². The molecule has 4 nitrogen and oxygen atoms in total. The molecule has 0 amide bonds. The molecule has 0 aliphatic carbocycles. The molecule has 0 fully saturated rings. The molecular weight excluding hydrogens is 274 g/mol. The fourth-order valence-electron chi connectivity index (χ4n) is 2.75. The molecule has 1 atom stereocenters. The molecule has 5 heteroatoms. The lowest BCUT2D eigenvalue weighted by Gasteiger charge is -2.24. The number of aromatic nitrogens is 1. The molecule has 1 aliphatic heterocycles. The summed E-state index contributed by atoms with van der Waals surface area (Å²) in [5, 5.41) is 1.89. The predicted octanol–water partition coefficient (Wildman–Crippen LogP) is 2.83. The van der Waals surface area contributed by atoms with Crippen molar-refractivity contribution in [2.24, 2.45) is 0 Å². The Morgan fingerprint density at radius 3 is 2.90 bits per heavy atom. The van der Waals surface area contributed by atoms with Crippen molar-refractivity contribution in [1.82, 2.24) is 4.57 Å². The monoisotopic (exact) mass is 289 g/mol. The third-order valence-electron chi connectivity index (χ3n) is 3.71. The van der Waals surface area contributed by atoms with E-state index in [1.807, 2.05) is 34.2 Å². The van der Waals surface area contributed by atoms with Crippen LogP contribution in [0, 0.1) is 0 Å². The van der Waals surface area contributed by atoms with Crippen LogP contribution in [0.1, 0.15) is 39.8 Å². The summed E-state index contributed by atoms with van der Waals surface area (Å²) in [6, 6.07) is 7.39. The Kier molecular flexibility index (Phi) is 3.44. The van der Waals surface area contributed by atoms with Crippen LogP contribution in [0.3, 0.4) is 0 Å². The van der Waals surface area contributed by atoms with Crippen molar-refractivity contribution in [3.63, 3.8) is 0 Å². The van der Waals surface area contributed by atoms with Gasteiger partial charge in [0.1, 0.15) is 0 Å². The van der Waals surface area contributed by atoms with Crippen LogP contribution in [0.4, 0.5) is 0 Å². The minimum atomic E-state index is -0.251. The van der Waals surface area contributed by atoms with E-state index in [0.29, 0.717) is 5.69 Å². The Labute approximate surface area is 121 Å². The molecule has 0 N–H and O–H groups in total. The van der Waals surface area contributed by atoms with Crippen LogP contribution in [0.25, 0.3) is 0 Å². The van der Waals surface area contributed by atoms with Crippen molar-refractivity contribution >= 4 is 23.1 Å². The first-order chi connectivity index (χ1) is 9.72. The van der Waals surface area contributed by atoms with Crippen molar-refractivity contribution < 1.29 is 14.3 Å². The second-order valence-corrected chi connectivity index (χ2v) is 5.77. The number of carbonyl (C=O) groups is 2. The first-order valence-corrected chi connectivity index (χ1v) is 7.46. The second kappa shape index (κ2) is 5.25. The maximum absolute atomic E-state index is 12.5. The minimum absolute atomic E-state index is 0.0248. The zero-order valence-corrected chi connectivity index (χ0v) is 12.0. The summed E-state index contributed by atoms with van der Waals surface area (Å²) in [6.07, 6.45) is 1.66. The van der Waals surface area contributed by atoms with E-state index in [4.69, 9.17) is 4.74 Å². The highest BCUT2D eigenvalue weighted by atomic mass is 32.1. The number of esters is 1. The fourth-order valence-corrected chi connectivity index (χ4v) is 3.42. The fraction of sp³-hybridized carbons (Fsp3) is 0.333. The lowest BCUT2D eigenvalue weighted by molar-refractivity contribution is -0.143. The summed E-state index contributed by atoms with van der Waals surface area (Å²) < 4.78 is 6.82. The van der Waals surface area contributed by atoms with E-state index in [1.165, 1.54) is 18.4 Å². The number of ether oxygens (including phenoxy) is 1. The number of fused-ring (bicyclic) bond motifs is 1. The van der Waals surface area contributed by atoms with Gasteiger partial charge in [-0.15, -0.1) is 11.3 Å². The molecule has 0 saturated heterocycles. The Bertz CT molecular complexity index is 642. The number of ketones is 1. The molecule has 0 aromatic carbocycles. The number of hydrogen-bond donors (Lipinski definition) is 0. The highest BCUT2D eigenvalue weighted by molar-refractivity contribution is 7.12. The Morgan fingerprint density at radius 2 is 2.20 bits per heavy atom. The van der Waals surface area contributed by atoms with Gasteiger partial charge in [-0.05, 0) is 36.4 Å². The van der Waals surface area contributed by atoms with E-state index in [0.717, 1.165) is 30.0 Å². The van der Waals surface area contributed by atoms with Gasteiger partial charge in [0.05, 0.1) is 23.6 Å². The largest absolute Gasteiger partial charge is 0.469 e. The van der Waals surface area contributed by atoms with Crippen LogP contribution in [0.15, 0.2) is 29.6 Å². The highest BCUT2D eigenvalue weighted by Gasteiger charge is 2.30. The van der Waals surface area contributed by atoms with Gasteiger partial charge >= 0.3 is 5.97 Å². The average molecular weight is 289 g/mol. The molecule has 0 saturated carbocycles. The zero-order chi connectivity index (χ0) is 14.1. The third-order valence-corrected chi connectivity index (χ3v) is 4.58. The number of hydrogen-bond acceptors (Lipinski definition) is 4. The van der Waals surface area contributed by atoms with Gasteiger partial charge in [-0.1, -0.05) is 6.07 Å². The quantitative estimate of drug-likeness (QED) is 0.645. The lowest BCUT2D eigenvalue weighted by Crippen LogP contribution is -2.24. The van der Waals surface area contributed by atoms with Crippen LogP contribution in [0.2, 0.25) is 0 Å². The van der Waals surface area contributed by atoms with Gasteiger partial charge in [0.2, 0.25) is 5.78 Å². The smallest absolute Gasteiger partial charge is 0.314 e. The normalized spacial score (nSPS) is 17.6. The molecule has 1 aliphatic rings. The van der Waals surface area contributed by atoms with Crippen molar-refractivity contribution in [1.29, 1.82) is 0 Å². The van der Waals surface area contributed by atoms with Crippen LogP contribution in [-0.2, 0) is 16.1 Å². The number of nitrogens with zero attached hydrogens (tertiary/aromatic N) is 1. The number of carbonyl (C=O) groups excluding carboxylic acids is 2. The summed E-state index contributed by atoms with van der Waals surface area (Å²) in [7, 11) is 1.40. The van der Waals surface area contributed by atoms with Gasteiger partial charge in [-0.3, -0.25) is 9.59 Å². The molecule has 20 heavy (non-hydrogen) atoms. The Balaban J connectivity index is 1.98. The van der Waals surface area contributed by atoms with E-state index in [2.05, 4.69) is 0 Å². The van der Waals surface area contributed by atoms with E-state index in [-0.39, 0.29) is 17.7 Å². The minimum Gasteiger partial charge on any atom is -0.469 e. The third kappa shape index (κ3) is 2.08. The first kappa shape index (κ1) is 13.1. The standard InChI is InChI=1S/C15H15NO3S/c1-19-15(18)10-4-2-8-16-11(10)6-7-12(16)14(17)13-5-3-9-20-13/h3,5-7,9-10H,2,4,8H2,1H3. The molecule has 0 spiro atoms. The molecule has 104 valence electrons. The number of methoxy groups -OCH3 is 1. The van der Waals surface area contributed by atoms with Gasteiger partial charge in [-0.25, -0.2) is 0 Å². The van der Waals surface area contributed by atoms with Crippen LogP contribution < -0.4 is 0 Å². The van der Waals surface area contributed by atoms with Crippen molar-refractivity contribution in [2.75, 3.05) is 7.11 Å². The maximum atomic E-state index is 12.5. The SMILES string of the molecule is COC(=O)C1CCCn2c(C(=O)c3cccs3)ccc21. The summed E-state index contributed by atoms with van der Waals surface area (Å²) in [6.45, 7) is 0.780.